The topological polar surface area (TPSA) is 43.1 Å². The number of nitrogens with zero attached hydrogens (tertiary/aromatic N) is 4. The third-order valence-corrected chi connectivity index (χ3v) is 9.82. The number of benzene rings is 7. The first kappa shape index (κ1) is 29.0. The van der Waals surface area contributed by atoms with E-state index in [1.807, 2.05) is 60.7 Å². The minimum absolute atomic E-state index is 0.647. The highest BCUT2D eigenvalue weighted by Crippen LogP contribution is 2.43. The molecular formula is C47H30N4. The van der Waals surface area contributed by atoms with Gasteiger partial charge in [-0.3, -0.25) is 0 Å². The summed E-state index contributed by atoms with van der Waals surface area (Å²) in [5, 5.41) is 4.99. The average Bonchev–Trinajstić information content (AvgIpc) is 3.57. The van der Waals surface area contributed by atoms with Gasteiger partial charge in [0.25, 0.3) is 0 Å². The third kappa shape index (κ3) is 4.88. The molecule has 0 N–H and O–H groups in total. The molecular weight excluding hydrogens is 621 g/mol. The molecule has 0 aliphatic rings. The lowest BCUT2D eigenvalue weighted by Gasteiger charge is -2.11. The van der Waals surface area contributed by atoms with Gasteiger partial charge in [0.15, 0.2) is 17.5 Å². The van der Waals surface area contributed by atoms with Gasteiger partial charge in [-0.05, 0) is 40.3 Å². The van der Waals surface area contributed by atoms with Crippen molar-refractivity contribution in [3.63, 3.8) is 0 Å². The molecule has 3 heterocycles. The minimum Gasteiger partial charge on any atom is -0.308 e. The van der Waals surface area contributed by atoms with E-state index in [2.05, 4.69) is 126 Å². The van der Waals surface area contributed by atoms with Crippen LogP contribution in [-0.2, 0) is 0 Å². The summed E-state index contributed by atoms with van der Waals surface area (Å²) in [6.45, 7) is 0. The highest BCUT2D eigenvalue weighted by Gasteiger charge is 2.20. The van der Waals surface area contributed by atoms with Crippen LogP contribution < -0.4 is 0 Å². The van der Waals surface area contributed by atoms with Crippen LogP contribution >= 0.6 is 0 Å². The lowest BCUT2D eigenvalue weighted by atomic mass is 9.97. The van der Waals surface area contributed by atoms with E-state index >= 15 is 0 Å². The van der Waals surface area contributed by atoms with Crippen LogP contribution in [0.4, 0.5) is 0 Å². The molecule has 10 aromatic rings. The fraction of sp³-hybridized carbons (Fsp3) is 0. The van der Waals surface area contributed by atoms with Crippen molar-refractivity contribution in [3.05, 3.63) is 182 Å². The van der Waals surface area contributed by atoms with Crippen molar-refractivity contribution >= 4 is 38.1 Å². The SMILES string of the molecule is c1ccc(-c2nc(-c3ccccc3)nc(-c3ccc(-c4ccc5c(c4)c(-c4ccccc4)c4c6ccccc6c6ccccc6n54)cc3)n2)cc1. The molecule has 0 aliphatic heterocycles. The molecule has 51 heavy (non-hydrogen) atoms. The predicted molar refractivity (Wildman–Crippen MR) is 210 cm³/mol. The van der Waals surface area contributed by atoms with Crippen molar-refractivity contribution in [2.75, 3.05) is 0 Å². The van der Waals surface area contributed by atoms with Crippen LogP contribution in [0, 0.1) is 0 Å². The molecule has 0 unspecified atom stereocenters. The average molecular weight is 651 g/mol. The first-order chi connectivity index (χ1) is 25.3. The molecule has 7 aromatic carbocycles. The second-order valence-electron chi connectivity index (χ2n) is 12.8. The fourth-order valence-electron chi connectivity index (χ4n) is 7.44. The van der Waals surface area contributed by atoms with Crippen molar-refractivity contribution in [1.29, 1.82) is 0 Å². The highest BCUT2D eigenvalue weighted by molar-refractivity contribution is 6.22. The summed E-state index contributed by atoms with van der Waals surface area (Å²) in [6.07, 6.45) is 0. The summed E-state index contributed by atoms with van der Waals surface area (Å²) in [5.41, 5.74) is 11.2. The van der Waals surface area contributed by atoms with E-state index in [1.54, 1.807) is 0 Å². The van der Waals surface area contributed by atoms with E-state index in [-0.39, 0.29) is 0 Å². The summed E-state index contributed by atoms with van der Waals surface area (Å²) in [7, 11) is 0. The quantitative estimate of drug-likeness (QED) is 0.174. The Balaban J connectivity index is 1.15. The van der Waals surface area contributed by atoms with Crippen molar-refractivity contribution in [2.24, 2.45) is 0 Å². The van der Waals surface area contributed by atoms with E-state index < -0.39 is 0 Å². The molecule has 0 bridgehead atoms. The van der Waals surface area contributed by atoms with Crippen LogP contribution in [-0.4, -0.2) is 19.4 Å². The number of aromatic nitrogens is 4. The number of pyridine rings is 1. The summed E-state index contributed by atoms with van der Waals surface area (Å²) < 4.78 is 2.46. The van der Waals surface area contributed by atoms with E-state index in [9.17, 15) is 0 Å². The molecule has 0 atom stereocenters. The van der Waals surface area contributed by atoms with Gasteiger partial charge in [-0.25, -0.2) is 15.0 Å². The normalized spacial score (nSPS) is 11.5. The molecule has 0 aliphatic carbocycles. The van der Waals surface area contributed by atoms with Crippen molar-refractivity contribution in [3.8, 4) is 56.4 Å². The second kappa shape index (κ2) is 11.9. The molecule has 0 radical (unpaired) electrons. The maximum Gasteiger partial charge on any atom is 0.164 e. The van der Waals surface area contributed by atoms with E-state index in [0.717, 1.165) is 27.8 Å². The maximum atomic E-state index is 4.94. The van der Waals surface area contributed by atoms with Gasteiger partial charge in [-0.15, -0.1) is 0 Å². The Morgan fingerprint density at radius 3 is 1.33 bits per heavy atom. The fourth-order valence-corrected chi connectivity index (χ4v) is 7.44. The van der Waals surface area contributed by atoms with Gasteiger partial charge in [-0.1, -0.05) is 164 Å². The van der Waals surface area contributed by atoms with E-state index in [1.165, 1.54) is 49.2 Å². The van der Waals surface area contributed by atoms with Crippen LogP contribution in [0.3, 0.4) is 0 Å². The smallest absolute Gasteiger partial charge is 0.164 e. The van der Waals surface area contributed by atoms with Gasteiger partial charge >= 0.3 is 0 Å². The minimum atomic E-state index is 0.647. The van der Waals surface area contributed by atoms with E-state index in [0.29, 0.717) is 17.5 Å². The Hall–Kier alpha value is -6.91. The van der Waals surface area contributed by atoms with Crippen LogP contribution in [0.15, 0.2) is 182 Å². The Labute approximate surface area is 295 Å². The molecule has 238 valence electrons. The van der Waals surface area contributed by atoms with Crippen LogP contribution in [0.25, 0.3) is 94.5 Å². The summed E-state index contributed by atoms with van der Waals surface area (Å²) >= 11 is 0. The van der Waals surface area contributed by atoms with Crippen molar-refractivity contribution < 1.29 is 0 Å². The lowest BCUT2D eigenvalue weighted by Crippen LogP contribution is -2.00. The standard InChI is InChI=1S/C47H30N4/c1-4-14-32(15-5-1)43-40-30-36(28-29-42(40)51-41-23-13-12-21-38(41)37-20-10-11-22-39(37)44(43)51)31-24-26-35(27-25-31)47-49-45(33-16-6-2-7-17-33)48-46(50-47)34-18-8-3-9-19-34/h1-30H. The molecule has 4 heteroatoms. The van der Waals surface area contributed by atoms with Crippen molar-refractivity contribution in [1.82, 2.24) is 19.4 Å². The molecule has 10 rings (SSSR count). The molecule has 0 fully saturated rings. The molecule has 3 aromatic heterocycles. The Morgan fingerprint density at radius 2 is 0.725 bits per heavy atom. The Morgan fingerprint density at radius 1 is 0.294 bits per heavy atom. The first-order valence-electron chi connectivity index (χ1n) is 17.2. The van der Waals surface area contributed by atoms with Crippen LogP contribution in [0.2, 0.25) is 0 Å². The van der Waals surface area contributed by atoms with Gasteiger partial charge < -0.3 is 4.40 Å². The maximum absolute atomic E-state index is 4.94. The second-order valence-corrected chi connectivity index (χ2v) is 12.8. The number of hydrogen-bond donors (Lipinski definition) is 0. The monoisotopic (exact) mass is 650 g/mol. The van der Waals surface area contributed by atoms with Crippen molar-refractivity contribution in [2.45, 2.75) is 0 Å². The zero-order valence-corrected chi connectivity index (χ0v) is 27.6. The number of hydrogen-bond acceptors (Lipinski definition) is 3. The predicted octanol–water partition coefficient (Wildman–Crippen LogP) is 11.9. The first-order valence-corrected chi connectivity index (χ1v) is 17.2. The Bertz CT molecular complexity index is 2820. The van der Waals surface area contributed by atoms with E-state index in [4.69, 9.17) is 15.0 Å². The number of fused-ring (bicyclic) bond motifs is 8. The van der Waals surface area contributed by atoms with Crippen LogP contribution in [0.5, 0.6) is 0 Å². The molecule has 0 spiro atoms. The van der Waals surface area contributed by atoms with Gasteiger partial charge in [0, 0.05) is 38.4 Å². The summed E-state index contributed by atoms with van der Waals surface area (Å²) in [6, 6.07) is 64.0. The number of rotatable bonds is 5. The zero-order chi connectivity index (χ0) is 33.7. The van der Waals surface area contributed by atoms with Gasteiger partial charge in [0.1, 0.15) is 0 Å². The highest BCUT2D eigenvalue weighted by atomic mass is 15.0. The van der Waals surface area contributed by atoms with Crippen LogP contribution in [0.1, 0.15) is 0 Å². The van der Waals surface area contributed by atoms with Gasteiger partial charge in [0.05, 0.1) is 16.6 Å². The third-order valence-electron chi connectivity index (χ3n) is 9.82. The molecule has 0 saturated heterocycles. The van der Waals surface area contributed by atoms with Gasteiger partial charge in [0.2, 0.25) is 0 Å². The summed E-state index contributed by atoms with van der Waals surface area (Å²) in [5.74, 6) is 1.96. The zero-order valence-electron chi connectivity index (χ0n) is 27.6. The lowest BCUT2D eigenvalue weighted by molar-refractivity contribution is 1.07. The summed E-state index contributed by atoms with van der Waals surface area (Å²) in [4.78, 5) is 14.7. The number of para-hydroxylation sites is 1. The van der Waals surface area contributed by atoms with Gasteiger partial charge in [-0.2, -0.15) is 0 Å². The largest absolute Gasteiger partial charge is 0.308 e. The molecule has 0 saturated carbocycles. The molecule has 4 nitrogen and oxygen atoms in total. The Kier molecular flexibility index (Phi) is 6.78. The molecule has 0 amide bonds.